The number of rotatable bonds is 5. The van der Waals surface area contributed by atoms with Gasteiger partial charge in [-0.1, -0.05) is 37.3 Å². The second-order valence-corrected chi connectivity index (χ2v) is 9.49. The molecule has 1 N–H and O–H groups in total. The molecule has 1 aliphatic heterocycles. The monoisotopic (exact) mass is 455 g/mol. The lowest BCUT2D eigenvalue weighted by atomic mass is 9.97. The zero-order valence-corrected chi connectivity index (χ0v) is 19.3. The molecule has 8 nitrogen and oxygen atoms in total. The first-order valence-corrected chi connectivity index (χ1v) is 11.3. The Morgan fingerprint density at radius 1 is 1.15 bits per heavy atom. The topological polar surface area (TPSA) is 91.2 Å². The quantitative estimate of drug-likeness (QED) is 0.488. The maximum atomic E-state index is 13.3. The van der Waals surface area contributed by atoms with Crippen LogP contribution in [-0.2, 0) is 16.6 Å². The summed E-state index contributed by atoms with van der Waals surface area (Å²) >= 11 is 0. The van der Waals surface area contributed by atoms with Gasteiger partial charge in [-0.3, -0.25) is 9.48 Å². The van der Waals surface area contributed by atoms with Crippen molar-refractivity contribution < 1.29 is 14.3 Å². The first kappa shape index (κ1) is 20.8. The maximum Gasteiger partial charge on any atom is 0.233 e. The van der Waals surface area contributed by atoms with Crippen molar-refractivity contribution in [2.45, 2.75) is 13.3 Å². The van der Waals surface area contributed by atoms with E-state index in [-0.39, 0.29) is 11.3 Å². The molecule has 0 unspecified atom stereocenters. The molecular weight excluding hydrogens is 430 g/mol. The summed E-state index contributed by atoms with van der Waals surface area (Å²) in [5.41, 5.74) is 4.23. The van der Waals surface area contributed by atoms with Gasteiger partial charge in [-0.15, -0.1) is 0 Å². The lowest BCUT2D eigenvalue weighted by Crippen LogP contribution is -2.29. The van der Waals surface area contributed by atoms with Gasteiger partial charge in [0.1, 0.15) is 17.8 Å². The highest BCUT2D eigenvalue weighted by Crippen LogP contribution is 2.67. The molecule has 3 heterocycles. The molecule has 1 aliphatic carbocycles. The van der Waals surface area contributed by atoms with Crippen LogP contribution in [0.25, 0.3) is 33.4 Å². The van der Waals surface area contributed by atoms with Crippen molar-refractivity contribution in [2.75, 3.05) is 25.6 Å². The minimum absolute atomic E-state index is 0.0325. The number of aryl methyl sites for hydroxylation is 1. The van der Waals surface area contributed by atoms with E-state index < -0.39 is 5.41 Å². The average Bonchev–Trinajstić information content (AvgIpc) is 3.10. The lowest BCUT2D eigenvalue weighted by Gasteiger charge is -2.17. The third-order valence-corrected chi connectivity index (χ3v) is 7.26. The highest BCUT2D eigenvalue weighted by Gasteiger charge is 2.72. The third-order valence-electron chi connectivity index (χ3n) is 7.26. The number of amides is 1. The van der Waals surface area contributed by atoms with Crippen molar-refractivity contribution in [3.8, 4) is 28.3 Å². The molecule has 0 spiro atoms. The average molecular weight is 456 g/mol. The summed E-state index contributed by atoms with van der Waals surface area (Å²) in [6, 6.07) is 13.7. The van der Waals surface area contributed by atoms with E-state index in [1.807, 2.05) is 55.7 Å². The van der Waals surface area contributed by atoms with Crippen molar-refractivity contribution in [3.05, 3.63) is 55.0 Å². The maximum absolute atomic E-state index is 13.3. The normalized spacial score (nSPS) is 23.0. The molecule has 1 saturated carbocycles. The molecule has 1 saturated heterocycles. The minimum Gasteiger partial charge on any atom is -0.494 e. The number of methoxy groups -OCH3 is 1. The second kappa shape index (κ2) is 7.36. The molecule has 2 aromatic heterocycles. The van der Waals surface area contributed by atoms with Gasteiger partial charge in [-0.2, -0.15) is 5.10 Å². The minimum atomic E-state index is -0.465. The van der Waals surface area contributed by atoms with E-state index in [0.717, 1.165) is 39.8 Å². The fourth-order valence-corrected chi connectivity index (χ4v) is 5.18. The van der Waals surface area contributed by atoms with Gasteiger partial charge >= 0.3 is 0 Å². The Morgan fingerprint density at radius 3 is 2.68 bits per heavy atom. The number of benzene rings is 2. The Morgan fingerprint density at radius 2 is 1.97 bits per heavy atom. The van der Waals surface area contributed by atoms with Crippen molar-refractivity contribution in [3.63, 3.8) is 0 Å². The Hall–Kier alpha value is -3.78. The van der Waals surface area contributed by atoms with Crippen LogP contribution in [0.15, 0.2) is 55.0 Å². The predicted molar refractivity (Wildman–Crippen MR) is 128 cm³/mol. The fraction of sp³-hybridized carbons (Fsp3) is 0.308. The molecule has 2 aliphatic rings. The van der Waals surface area contributed by atoms with Gasteiger partial charge in [0.05, 0.1) is 42.6 Å². The van der Waals surface area contributed by atoms with Crippen LogP contribution in [0, 0.1) is 10.8 Å². The Kier molecular flexibility index (Phi) is 4.50. The van der Waals surface area contributed by atoms with Gasteiger partial charge in [0.2, 0.25) is 5.91 Å². The summed E-state index contributed by atoms with van der Waals surface area (Å²) in [6.07, 6.45) is 4.34. The van der Waals surface area contributed by atoms with Gasteiger partial charge in [0.25, 0.3) is 0 Å². The van der Waals surface area contributed by atoms with Crippen LogP contribution in [0.1, 0.15) is 13.3 Å². The number of hydrogen-bond acceptors (Lipinski definition) is 6. The number of fused-ring (bicyclic) bond motifs is 2. The summed E-state index contributed by atoms with van der Waals surface area (Å²) in [7, 11) is 3.48. The third kappa shape index (κ3) is 3.02. The van der Waals surface area contributed by atoms with Gasteiger partial charge < -0.3 is 14.8 Å². The van der Waals surface area contributed by atoms with Crippen molar-refractivity contribution in [1.82, 2.24) is 19.7 Å². The first-order valence-electron chi connectivity index (χ1n) is 11.3. The molecule has 2 aromatic carbocycles. The van der Waals surface area contributed by atoms with Crippen LogP contribution < -0.4 is 10.1 Å². The molecule has 8 heteroatoms. The van der Waals surface area contributed by atoms with Gasteiger partial charge in [-0.25, -0.2) is 9.97 Å². The highest BCUT2D eigenvalue weighted by atomic mass is 16.5. The van der Waals surface area contributed by atoms with Crippen molar-refractivity contribution in [1.29, 1.82) is 0 Å². The van der Waals surface area contributed by atoms with Crippen molar-refractivity contribution >= 4 is 22.5 Å². The highest BCUT2D eigenvalue weighted by molar-refractivity contribution is 6.04. The predicted octanol–water partition coefficient (Wildman–Crippen LogP) is 4.07. The molecule has 2 atom stereocenters. The largest absolute Gasteiger partial charge is 0.494 e. The van der Waals surface area contributed by atoms with E-state index in [1.165, 1.54) is 0 Å². The number of nitrogens with one attached hydrogen (secondary N) is 1. The van der Waals surface area contributed by atoms with E-state index in [4.69, 9.17) is 14.6 Å². The van der Waals surface area contributed by atoms with Crippen LogP contribution >= 0.6 is 0 Å². The van der Waals surface area contributed by atoms with E-state index in [0.29, 0.717) is 24.7 Å². The van der Waals surface area contributed by atoms with Crippen LogP contribution in [-0.4, -0.2) is 46.0 Å². The molecular formula is C26H25N5O3. The van der Waals surface area contributed by atoms with Crippen LogP contribution in [0.3, 0.4) is 0 Å². The molecule has 172 valence electrons. The number of anilines is 1. The van der Waals surface area contributed by atoms with Gasteiger partial charge in [0, 0.05) is 41.2 Å². The number of ether oxygens (including phenoxy) is 2. The summed E-state index contributed by atoms with van der Waals surface area (Å²) in [5, 5.41) is 8.61. The Labute approximate surface area is 196 Å². The number of carbonyl (C=O) groups is 1. The molecule has 2 fully saturated rings. The van der Waals surface area contributed by atoms with Crippen LogP contribution in [0.5, 0.6) is 5.75 Å². The number of aromatic nitrogens is 4. The zero-order chi connectivity index (χ0) is 23.5. The molecule has 0 bridgehead atoms. The molecule has 1 amide bonds. The van der Waals surface area contributed by atoms with Gasteiger partial charge in [0.15, 0.2) is 0 Å². The van der Waals surface area contributed by atoms with Crippen LogP contribution in [0.4, 0.5) is 5.69 Å². The van der Waals surface area contributed by atoms with E-state index >= 15 is 0 Å². The summed E-state index contributed by atoms with van der Waals surface area (Å²) in [4.78, 5) is 22.4. The zero-order valence-electron chi connectivity index (χ0n) is 19.3. The van der Waals surface area contributed by atoms with Crippen LogP contribution in [0.2, 0.25) is 0 Å². The molecule has 34 heavy (non-hydrogen) atoms. The smallest absolute Gasteiger partial charge is 0.233 e. The van der Waals surface area contributed by atoms with E-state index in [2.05, 4.69) is 22.2 Å². The number of carbonyl (C=O) groups excluding carboxylic acids is 1. The summed E-state index contributed by atoms with van der Waals surface area (Å²) < 4.78 is 13.0. The fourth-order valence-electron chi connectivity index (χ4n) is 5.18. The Bertz CT molecular complexity index is 1430. The number of nitrogens with zero attached hydrogens (tertiary/aromatic N) is 4. The molecule has 4 aromatic rings. The Balaban J connectivity index is 1.46. The summed E-state index contributed by atoms with van der Waals surface area (Å²) in [6.45, 7) is 3.18. The SMILES string of the molecule is COc1cc2ncnc(-c3cn(C)nc3-c3ccccc3)c2cc1NC(=O)[C@]12COC[C@@]1(C)C2. The van der Waals surface area contributed by atoms with Gasteiger partial charge in [-0.05, 0) is 12.5 Å². The first-order chi connectivity index (χ1) is 16.4. The lowest BCUT2D eigenvalue weighted by molar-refractivity contribution is -0.122. The van der Waals surface area contributed by atoms with E-state index in [9.17, 15) is 4.79 Å². The van der Waals surface area contributed by atoms with E-state index in [1.54, 1.807) is 18.1 Å². The standard InChI is InChI=1S/C26H25N5O3/c1-25-12-26(25,14-34-13-25)24(32)29-20-9-17-19(10-21(20)33-3)27-15-28-23(17)18-11-31(2)30-22(18)16-7-5-4-6-8-16/h4-11,15H,12-14H2,1-3H3,(H,29,32)/t25-,26+/m1/s1. The molecule has 6 rings (SSSR count). The summed E-state index contributed by atoms with van der Waals surface area (Å²) in [5.74, 6) is 0.521. The van der Waals surface area contributed by atoms with Crippen molar-refractivity contribution in [2.24, 2.45) is 17.9 Å². The second-order valence-electron chi connectivity index (χ2n) is 9.49. The number of hydrogen-bond donors (Lipinski definition) is 1. The molecule has 0 radical (unpaired) electrons.